The molecule has 0 bridgehead atoms. The van der Waals surface area contributed by atoms with Crippen LogP contribution in [0.15, 0.2) is 30.3 Å². The first-order chi connectivity index (χ1) is 15.4. The lowest BCUT2D eigenvalue weighted by Crippen LogP contribution is -2.37. The highest BCUT2D eigenvalue weighted by Gasteiger charge is 2.30. The molecule has 1 heterocycles. The molecule has 10 heteroatoms. The molecule has 1 fully saturated rings. The molecular formula is C22H25ClFN3O5. The number of carbonyl (C=O) groups excluding carboxylic acids is 1. The van der Waals surface area contributed by atoms with Crippen LogP contribution in [0, 0.1) is 15.9 Å². The third-order valence-corrected chi connectivity index (χ3v) is 5.72. The van der Waals surface area contributed by atoms with Gasteiger partial charge in [-0.2, -0.15) is 0 Å². The fraction of sp³-hybridized carbons (Fsp3) is 0.409. The second kappa shape index (κ2) is 10.6. The van der Waals surface area contributed by atoms with Crippen LogP contribution in [0.1, 0.15) is 41.7 Å². The zero-order valence-electron chi connectivity index (χ0n) is 17.9. The highest BCUT2D eigenvalue weighted by atomic mass is 35.5. The van der Waals surface area contributed by atoms with Crippen LogP contribution in [-0.4, -0.2) is 49.1 Å². The van der Waals surface area contributed by atoms with Crippen LogP contribution in [0.25, 0.3) is 0 Å². The van der Waals surface area contributed by atoms with Crippen molar-refractivity contribution in [2.75, 3.05) is 33.4 Å². The van der Waals surface area contributed by atoms with Gasteiger partial charge in [0.05, 0.1) is 30.7 Å². The number of carbonyl (C=O) groups is 1. The quantitative estimate of drug-likeness (QED) is 0.437. The number of halogens is 2. The number of benzene rings is 2. The highest BCUT2D eigenvalue weighted by molar-refractivity contribution is 6.31. The molecule has 1 saturated heterocycles. The van der Waals surface area contributed by atoms with Gasteiger partial charge in [0.1, 0.15) is 11.4 Å². The topological polar surface area (TPSA) is 93.9 Å². The summed E-state index contributed by atoms with van der Waals surface area (Å²) < 4.78 is 25.3. The summed E-state index contributed by atoms with van der Waals surface area (Å²) in [4.78, 5) is 26.0. The van der Waals surface area contributed by atoms with E-state index in [2.05, 4.69) is 10.2 Å². The van der Waals surface area contributed by atoms with E-state index < -0.39 is 28.4 Å². The Labute approximate surface area is 190 Å². The summed E-state index contributed by atoms with van der Waals surface area (Å²) in [5.41, 5.74) is -0.279. The molecule has 172 valence electrons. The zero-order chi connectivity index (χ0) is 23.3. The van der Waals surface area contributed by atoms with Crippen molar-refractivity contribution >= 4 is 23.2 Å². The number of methoxy groups -OCH3 is 1. The van der Waals surface area contributed by atoms with Crippen LogP contribution in [0.2, 0.25) is 5.02 Å². The Morgan fingerprint density at radius 2 is 2.03 bits per heavy atom. The van der Waals surface area contributed by atoms with Gasteiger partial charge in [0.25, 0.3) is 11.6 Å². The van der Waals surface area contributed by atoms with Gasteiger partial charge >= 0.3 is 0 Å². The number of nitro benzene ring substituents is 1. The van der Waals surface area contributed by atoms with Gasteiger partial charge in [0.15, 0.2) is 11.5 Å². The Morgan fingerprint density at radius 1 is 1.31 bits per heavy atom. The number of hydrogen-bond acceptors (Lipinski definition) is 6. The summed E-state index contributed by atoms with van der Waals surface area (Å²) in [5, 5.41) is 14.6. The van der Waals surface area contributed by atoms with E-state index in [1.54, 1.807) is 13.0 Å². The lowest BCUT2D eigenvalue weighted by Gasteiger charge is -2.29. The van der Waals surface area contributed by atoms with E-state index in [4.69, 9.17) is 21.1 Å². The van der Waals surface area contributed by atoms with Crippen molar-refractivity contribution in [1.82, 2.24) is 10.2 Å². The Morgan fingerprint density at radius 3 is 2.62 bits per heavy atom. The van der Waals surface area contributed by atoms with Crippen molar-refractivity contribution in [3.63, 3.8) is 0 Å². The van der Waals surface area contributed by atoms with Gasteiger partial charge in [-0.25, -0.2) is 4.39 Å². The zero-order valence-corrected chi connectivity index (χ0v) is 18.7. The van der Waals surface area contributed by atoms with Gasteiger partial charge < -0.3 is 14.8 Å². The average molecular weight is 466 g/mol. The monoisotopic (exact) mass is 465 g/mol. The standard InChI is InChI=1S/C22H25ClFN3O5/c1-3-32-20-12-17(27(29)30)14(11-19(20)31-2)22(28)25-13-18(26-9-4-5-10-26)21-15(23)7-6-8-16(21)24/h6-8,11-12,18H,3-5,9-10,13H2,1-2H3,(H,25,28). The summed E-state index contributed by atoms with van der Waals surface area (Å²) in [6, 6.07) is 6.40. The third-order valence-electron chi connectivity index (χ3n) is 5.39. The molecule has 0 saturated carbocycles. The van der Waals surface area contributed by atoms with Crippen LogP contribution in [0.5, 0.6) is 11.5 Å². The van der Waals surface area contributed by atoms with Gasteiger partial charge in [-0.1, -0.05) is 17.7 Å². The summed E-state index contributed by atoms with van der Waals surface area (Å²) in [6.07, 6.45) is 1.91. The Hall–Kier alpha value is -2.91. The molecule has 1 unspecified atom stereocenters. The second-order valence-electron chi connectivity index (χ2n) is 7.31. The molecule has 32 heavy (non-hydrogen) atoms. The van der Waals surface area contributed by atoms with Gasteiger partial charge in [-0.15, -0.1) is 0 Å². The fourth-order valence-electron chi connectivity index (χ4n) is 3.89. The molecule has 0 aromatic heterocycles. The lowest BCUT2D eigenvalue weighted by molar-refractivity contribution is -0.385. The van der Waals surface area contributed by atoms with Gasteiger partial charge in [0, 0.05) is 23.2 Å². The summed E-state index contributed by atoms with van der Waals surface area (Å²) >= 11 is 6.29. The minimum atomic E-state index is -0.672. The van der Waals surface area contributed by atoms with Crippen LogP contribution in [0.3, 0.4) is 0 Å². The molecule has 1 N–H and O–H groups in total. The van der Waals surface area contributed by atoms with E-state index in [-0.39, 0.29) is 35.2 Å². The van der Waals surface area contributed by atoms with E-state index in [1.165, 1.54) is 31.4 Å². The van der Waals surface area contributed by atoms with Crippen molar-refractivity contribution in [2.45, 2.75) is 25.8 Å². The number of amides is 1. The smallest absolute Gasteiger partial charge is 0.286 e. The number of likely N-dealkylation sites (tertiary alicyclic amines) is 1. The number of rotatable bonds is 9. The molecule has 2 aromatic rings. The predicted molar refractivity (Wildman–Crippen MR) is 118 cm³/mol. The number of nitro groups is 1. The van der Waals surface area contributed by atoms with Gasteiger partial charge in [-0.3, -0.25) is 19.8 Å². The van der Waals surface area contributed by atoms with Crippen molar-refractivity contribution in [3.8, 4) is 11.5 Å². The molecule has 2 aromatic carbocycles. The minimum Gasteiger partial charge on any atom is -0.493 e. The molecule has 1 aliphatic rings. The van der Waals surface area contributed by atoms with Crippen LogP contribution in [-0.2, 0) is 0 Å². The van der Waals surface area contributed by atoms with Gasteiger partial charge in [0.2, 0.25) is 0 Å². The first-order valence-electron chi connectivity index (χ1n) is 10.3. The van der Waals surface area contributed by atoms with E-state index >= 15 is 0 Å². The van der Waals surface area contributed by atoms with Crippen LogP contribution >= 0.6 is 11.6 Å². The molecule has 8 nitrogen and oxygen atoms in total. The Bertz CT molecular complexity index is 978. The number of nitrogens with zero attached hydrogens (tertiary/aromatic N) is 2. The van der Waals surface area contributed by atoms with E-state index in [1.807, 2.05) is 0 Å². The normalized spacial score (nSPS) is 14.8. The predicted octanol–water partition coefficient (Wildman–Crippen LogP) is 4.36. The summed E-state index contributed by atoms with van der Waals surface area (Å²) in [5.74, 6) is -0.755. The SMILES string of the molecule is CCOc1cc([N+](=O)[O-])c(C(=O)NCC(c2c(F)cccc2Cl)N2CCCC2)cc1OC. The van der Waals surface area contributed by atoms with Crippen LogP contribution in [0.4, 0.5) is 10.1 Å². The van der Waals surface area contributed by atoms with Crippen molar-refractivity contribution in [2.24, 2.45) is 0 Å². The van der Waals surface area contributed by atoms with Gasteiger partial charge in [-0.05, 0) is 45.0 Å². The number of hydrogen-bond donors (Lipinski definition) is 1. The molecule has 0 radical (unpaired) electrons. The molecule has 3 rings (SSSR count). The maximum Gasteiger partial charge on any atom is 0.286 e. The van der Waals surface area contributed by atoms with E-state index in [9.17, 15) is 19.3 Å². The summed E-state index contributed by atoms with van der Waals surface area (Å²) in [6.45, 7) is 3.52. The molecule has 1 atom stereocenters. The summed E-state index contributed by atoms with van der Waals surface area (Å²) in [7, 11) is 1.38. The Balaban J connectivity index is 1.90. The maximum absolute atomic E-state index is 14.6. The minimum absolute atomic E-state index is 0.0339. The third kappa shape index (κ3) is 5.11. The average Bonchev–Trinajstić information content (AvgIpc) is 3.30. The molecule has 0 spiro atoms. The van der Waals surface area contributed by atoms with Crippen molar-refractivity contribution in [1.29, 1.82) is 0 Å². The van der Waals surface area contributed by atoms with E-state index in [0.29, 0.717) is 5.56 Å². The molecule has 0 aliphatic carbocycles. The number of ether oxygens (including phenoxy) is 2. The molecular weight excluding hydrogens is 441 g/mol. The fourth-order valence-corrected chi connectivity index (χ4v) is 4.18. The molecule has 1 amide bonds. The lowest BCUT2D eigenvalue weighted by atomic mass is 10.0. The number of nitrogens with one attached hydrogen (secondary N) is 1. The van der Waals surface area contributed by atoms with Crippen molar-refractivity contribution in [3.05, 3.63) is 62.4 Å². The second-order valence-corrected chi connectivity index (χ2v) is 7.72. The van der Waals surface area contributed by atoms with Crippen molar-refractivity contribution < 1.29 is 23.6 Å². The maximum atomic E-state index is 14.6. The van der Waals surface area contributed by atoms with E-state index in [0.717, 1.165) is 25.9 Å². The van der Waals surface area contributed by atoms with Crippen LogP contribution < -0.4 is 14.8 Å². The highest BCUT2D eigenvalue weighted by Crippen LogP contribution is 2.35. The molecule has 1 aliphatic heterocycles. The first kappa shape index (κ1) is 23.7. The Kier molecular flexibility index (Phi) is 7.87. The largest absolute Gasteiger partial charge is 0.493 e. The first-order valence-corrected chi connectivity index (χ1v) is 10.7.